The number of hydrogen-bond donors (Lipinski definition) is 0. The third-order valence-corrected chi connectivity index (χ3v) is 4.65. The van der Waals surface area contributed by atoms with Gasteiger partial charge in [-0.05, 0) is 36.2 Å². The molecular weight excluding hydrogens is 274 g/mol. The number of rotatable bonds is 4. The van der Waals surface area contributed by atoms with E-state index in [2.05, 4.69) is 15.9 Å². The first-order valence-corrected chi connectivity index (χ1v) is 6.87. The monoisotopic (exact) mass is 289 g/mol. The van der Waals surface area contributed by atoms with Crippen LogP contribution in [-0.4, -0.2) is 28.7 Å². The fourth-order valence-corrected chi connectivity index (χ4v) is 2.16. The van der Waals surface area contributed by atoms with E-state index in [4.69, 9.17) is 0 Å². The molecule has 1 heterocycles. The summed E-state index contributed by atoms with van der Waals surface area (Å²) >= 11 is 5.05. The van der Waals surface area contributed by atoms with E-state index in [1.165, 1.54) is 0 Å². The van der Waals surface area contributed by atoms with Crippen molar-refractivity contribution < 1.29 is 4.79 Å². The summed E-state index contributed by atoms with van der Waals surface area (Å²) in [6.45, 7) is 4.10. The fourth-order valence-electron chi connectivity index (χ4n) is 1.11. The maximum Gasteiger partial charge on any atom is 0.227 e. The zero-order chi connectivity index (χ0) is 11.5. The first-order valence-electron chi connectivity index (χ1n) is 4.81. The van der Waals surface area contributed by atoms with Gasteiger partial charge >= 0.3 is 0 Å². The molecule has 0 N–H and O–H groups in total. The second-order valence-corrected chi connectivity index (χ2v) is 5.55. The van der Waals surface area contributed by atoms with E-state index in [1.54, 1.807) is 16.2 Å². The van der Waals surface area contributed by atoms with E-state index in [0.717, 1.165) is 10.9 Å². The third kappa shape index (κ3) is 3.31. The molecule has 0 aliphatic heterocycles. The van der Waals surface area contributed by atoms with Gasteiger partial charge in [0.2, 0.25) is 5.91 Å². The van der Waals surface area contributed by atoms with Crippen molar-refractivity contribution in [3.63, 3.8) is 0 Å². The Morgan fingerprint density at radius 1 is 1.60 bits per heavy atom. The van der Waals surface area contributed by atoms with Gasteiger partial charge in [-0.1, -0.05) is 15.9 Å². The molecule has 0 saturated carbocycles. The summed E-state index contributed by atoms with van der Waals surface area (Å²) in [7, 11) is 1.86. The predicted octanol–water partition coefficient (Wildman–Crippen LogP) is 2.92. The van der Waals surface area contributed by atoms with E-state index in [9.17, 15) is 4.79 Å². The van der Waals surface area contributed by atoms with Crippen LogP contribution in [-0.2, 0) is 11.2 Å². The quantitative estimate of drug-likeness (QED) is 0.781. The highest BCUT2D eigenvalue weighted by molar-refractivity contribution is 9.09. The molecule has 1 amide bonds. The molecule has 84 valence electrons. The molecule has 0 atom stereocenters. The van der Waals surface area contributed by atoms with Crippen molar-refractivity contribution in [2.45, 2.75) is 25.8 Å². The van der Waals surface area contributed by atoms with Gasteiger partial charge in [-0.3, -0.25) is 4.79 Å². The molecule has 0 unspecified atom stereocenters. The minimum Gasteiger partial charge on any atom is -0.340 e. The van der Waals surface area contributed by atoms with Crippen LogP contribution < -0.4 is 0 Å². The van der Waals surface area contributed by atoms with Crippen LogP contribution in [0, 0.1) is 0 Å². The van der Waals surface area contributed by atoms with Crippen LogP contribution in [0.4, 0.5) is 0 Å². The number of amides is 1. The molecule has 1 rings (SSSR count). The molecule has 15 heavy (non-hydrogen) atoms. The van der Waals surface area contributed by atoms with E-state index in [-0.39, 0.29) is 11.4 Å². The summed E-state index contributed by atoms with van der Waals surface area (Å²) in [6, 6.07) is 2.00. The standard InChI is InChI=1S/C11H16BrNOS/c1-11(2,8-12)13(3)10(14)6-9-4-5-15-7-9/h4-5,7H,6,8H2,1-3H3. The SMILES string of the molecule is CN(C(=O)Cc1ccsc1)C(C)(C)CBr. The number of hydrogen-bond acceptors (Lipinski definition) is 2. The van der Waals surface area contributed by atoms with Crippen LogP contribution in [0.1, 0.15) is 19.4 Å². The van der Waals surface area contributed by atoms with Crippen LogP contribution in [0.5, 0.6) is 0 Å². The topological polar surface area (TPSA) is 20.3 Å². The number of carbonyl (C=O) groups excluding carboxylic acids is 1. The molecule has 0 saturated heterocycles. The molecular formula is C11H16BrNOS. The first kappa shape index (κ1) is 12.7. The van der Waals surface area contributed by atoms with E-state index < -0.39 is 0 Å². The summed E-state index contributed by atoms with van der Waals surface area (Å²) in [5, 5.41) is 4.80. The van der Waals surface area contributed by atoms with Gasteiger partial charge in [0.05, 0.1) is 6.42 Å². The molecule has 0 aliphatic carbocycles. The number of likely N-dealkylation sites (N-methyl/N-ethyl adjacent to an activating group) is 1. The van der Waals surface area contributed by atoms with Gasteiger partial charge in [0.25, 0.3) is 0 Å². The van der Waals surface area contributed by atoms with Gasteiger partial charge < -0.3 is 4.90 Å². The van der Waals surface area contributed by atoms with Crippen LogP contribution in [0.25, 0.3) is 0 Å². The van der Waals surface area contributed by atoms with Crippen molar-refractivity contribution in [1.29, 1.82) is 0 Å². The van der Waals surface area contributed by atoms with Crippen molar-refractivity contribution in [3.8, 4) is 0 Å². The predicted molar refractivity (Wildman–Crippen MR) is 68.7 cm³/mol. The van der Waals surface area contributed by atoms with Crippen molar-refractivity contribution in [2.75, 3.05) is 12.4 Å². The summed E-state index contributed by atoms with van der Waals surface area (Å²) in [4.78, 5) is 13.7. The third-order valence-electron chi connectivity index (χ3n) is 2.54. The van der Waals surface area contributed by atoms with Crippen molar-refractivity contribution in [2.24, 2.45) is 0 Å². The largest absolute Gasteiger partial charge is 0.340 e. The van der Waals surface area contributed by atoms with Crippen LogP contribution >= 0.6 is 27.3 Å². The second kappa shape index (κ2) is 5.12. The van der Waals surface area contributed by atoms with Crippen LogP contribution in [0.2, 0.25) is 0 Å². The van der Waals surface area contributed by atoms with Crippen LogP contribution in [0.15, 0.2) is 16.8 Å². The van der Waals surface area contributed by atoms with Gasteiger partial charge in [0.15, 0.2) is 0 Å². The molecule has 0 fully saturated rings. The highest BCUT2D eigenvalue weighted by atomic mass is 79.9. The normalized spacial score (nSPS) is 11.5. The Kier molecular flexibility index (Phi) is 4.34. The maximum atomic E-state index is 11.9. The van der Waals surface area contributed by atoms with Gasteiger partial charge in [-0.25, -0.2) is 0 Å². The fraction of sp³-hybridized carbons (Fsp3) is 0.545. The lowest BCUT2D eigenvalue weighted by molar-refractivity contribution is -0.133. The molecule has 0 bridgehead atoms. The first-order chi connectivity index (χ1) is 6.97. The average molecular weight is 290 g/mol. The van der Waals surface area contributed by atoms with Crippen molar-refractivity contribution in [1.82, 2.24) is 4.90 Å². The van der Waals surface area contributed by atoms with E-state index in [0.29, 0.717) is 6.42 Å². The summed E-state index contributed by atoms with van der Waals surface area (Å²) < 4.78 is 0. The lowest BCUT2D eigenvalue weighted by Crippen LogP contribution is -2.46. The average Bonchev–Trinajstić information content (AvgIpc) is 2.69. The minimum atomic E-state index is -0.132. The Hall–Kier alpha value is -0.350. The summed E-state index contributed by atoms with van der Waals surface area (Å²) in [5.41, 5.74) is 0.967. The van der Waals surface area contributed by atoms with Crippen LogP contribution in [0.3, 0.4) is 0 Å². The Balaban J connectivity index is 2.62. The highest BCUT2D eigenvalue weighted by Crippen LogP contribution is 2.17. The Bertz CT molecular complexity index is 321. The number of carbonyl (C=O) groups is 1. The molecule has 2 nitrogen and oxygen atoms in total. The smallest absolute Gasteiger partial charge is 0.227 e. The van der Waals surface area contributed by atoms with Crippen molar-refractivity contribution >= 4 is 33.2 Å². The molecule has 1 aromatic rings. The lowest BCUT2D eigenvalue weighted by Gasteiger charge is -2.34. The maximum absolute atomic E-state index is 11.9. The Labute approximate surface area is 103 Å². The zero-order valence-electron chi connectivity index (χ0n) is 9.29. The number of halogens is 1. The summed E-state index contributed by atoms with van der Waals surface area (Å²) in [6.07, 6.45) is 0.496. The molecule has 0 spiro atoms. The number of nitrogens with zero attached hydrogens (tertiary/aromatic N) is 1. The highest BCUT2D eigenvalue weighted by Gasteiger charge is 2.26. The second-order valence-electron chi connectivity index (χ2n) is 4.21. The number of thiophene rings is 1. The minimum absolute atomic E-state index is 0.132. The Morgan fingerprint density at radius 2 is 2.27 bits per heavy atom. The molecule has 1 aromatic heterocycles. The summed E-state index contributed by atoms with van der Waals surface area (Å²) in [5.74, 6) is 0.165. The van der Waals surface area contributed by atoms with Crippen molar-refractivity contribution in [3.05, 3.63) is 22.4 Å². The van der Waals surface area contributed by atoms with Gasteiger partial charge in [0, 0.05) is 17.9 Å². The van der Waals surface area contributed by atoms with E-state index >= 15 is 0 Å². The molecule has 0 radical (unpaired) electrons. The molecule has 0 aromatic carbocycles. The zero-order valence-corrected chi connectivity index (χ0v) is 11.7. The Morgan fingerprint density at radius 3 is 2.73 bits per heavy atom. The van der Waals surface area contributed by atoms with E-state index in [1.807, 2.05) is 37.7 Å². The number of alkyl halides is 1. The van der Waals surface area contributed by atoms with Gasteiger partial charge in [0.1, 0.15) is 0 Å². The molecule has 0 aliphatic rings. The molecule has 4 heteroatoms. The lowest BCUT2D eigenvalue weighted by atomic mass is 10.1. The van der Waals surface area contributed by atoms with Gasteiger partial charge in [-0.15, -0.1) is 0 Å². The van der Waals surface area contributed by atoms with Gasteiger partial charge in [-0.2, -0.15) is 11.3 Å².